The van der Waals surface area contributed by atoms with Gasteiger partial charge in [-0.3, -0.25) is 0 Å². The second-order valence-electron chi connectivity index (χ2n) is 5.54. The first kappa shape index (κ1) is 14.6. The number of anilines is 1. The zero-order valence-electron chi connectivity index (χ0n) is 13.2. The molecule has 0 N–H and O–H groups in total. The molecule has 0 atom stereocenters. The molecule has 5 nitrogen and oxygen atoms in total. The number of carbonyl (C=O) groups is 1. The van der Waals surface area contributed by atoms with Crippen molar-refractivity contribution in [3.8, 4) is 0 Å². The number of nitrogens with zero attached hydrogens (tertiary/aromatic N) is 3. The molecule has 5 heteroatoms. The van der Waals surface area contributed by atoms with Gasteiger partial charge < -0.3 is 14.5 Å². The number of hydrogen-bond donors (Lipinski definition) is 0. The number of amides is 1. The molecule has 2 aromatic rings. The molecule has 3 rings (SSSR count). The maximum Gasteiger partial charge on any atom is 0.409 e. The predicted molar refractivity (Wildman–Crippen MR) is 85.9 cm³/mol. The van der Waals surface area contributed by atoms with Crippen LogP contribution >= 0.6 is 0 Å². The third kappa shape index (κ3) is 2.84. The van der Waals surface area contributed by atoms with E-state index in [9.17, 15) is 4.79 Å². The summed E-state index contributed by atoms with van der Waals surface area (Å²) in [5.41, 5.74) is 2.42. The largest absolute Gasteiger partial charge is 0.450 e. The summed E-state index contributed by atoms with van der Waals surface area (Å²) in [7, 11) is 2.06. The molecule has 0 bridgehead atoms. The number of benzene rings is 1. The molecule has 1 aliphatic rings. The van der Waals surface area contributed by atoms with E-state index in [4.69, 9.17) is 4.74 Å². The van der Waals surface area contributed by atoms with E-state index in [1.165, 1.54) is 16.6 Å². The number of piperazine rings is 1. The van der Waals surface area contributed by atoms with Crippen LogP contribution in [0.25, 0.3) is 10.9 Å². The van der Waals surface area contributed by atoms with Crippen molar-refractivity contribution in [2.24, 2.45) is 7.05 Å². The third-order valence-corrected chi connectivity index (χ3v) is 4.15. The highest BCUT2D eigenvalue weighted by atomic mass is 16.6. The van der Waals surface area contributed by atoms with E-state index in [1.54, 1.807) is 4.90 Å². The second kappa shape index (κ2) is 6.22. The van der Waals surface area contributed by atoms with E-state index >= 15 is 0 Å². The van der Waals surface area contributed by atoms with Gasteiger partial charge in [0.1, 0.15) is 7.05 Å². The summed E-state index contributed by atoms with van der Waals surface area (Å²) >= 11 is 0. The lowest BCUT2D eigenvalue weighted by atomic mass is 10.1. The van der Waals surface area contributed by atoms with Crippen molar-refractivity contribution in [1.29, 1.82) is 0 Å². The fraction of sp³-hybridized carbons (Fsp3) is 0.412. The van der Waals surface area contributed by atoms with Gasteiger partial charge in [0.2, 0.25) is 5.52 Å². The molecule has 1 saturated heterocycles. The Morgan fingerprint density at radius 2 is 2.00 bits per heavy atom. The maximum atomic E-state index is 11.7. The van der Waals surface area contributed by atoms with Crippen molar-refractivity contribution in [2.75, 3.05) is 37.7 Å². The molecule has 2 heterocycles. The van der Waals surface area contributed by atoms with E-state index in [0.29, 0.717) is 19.7 Å². The first-order chi connectivity index (χ1) is 10.7. The third-order valence-electron chi connectivity index (χ3n) is 4.15. The second-order valence-corrected chi connectivity index (χ2v) is 5.54. The van der Waals surface area contributed by atoms with E-state index in [-0.39, 0.29) is 6.09 Å². The number of aryl methyl sites for hydroxylation is 1. The van der Waals surface area contributed by atoms with Crippen molar-refractivity contribution in [1.82, 2.24) is 4.90 Å². The van der Waals surface area contributed by atoms with Crippen molar-refractivity contribution in [2.45, 2.75) is 6.92 Å². The van der Waals surface area contributed by atoms with E-state index in [0.717, 1.165) is 13.1 Å². The van der Waals surface area contributed by atoms with Gasteiger partial charge in [-0.05, 0) is 25.1 Å². The van der Waals surface area contributed by atoms with Crippen molar-refractivity contribution >= 4 is 22.7 Å². The summed E-state index contributed by atoms with van der Waals surface area (Å²) in [5.74, 6) is 0. The normalized spacial score (nSPS) is 15.2. The molecule has 0 spiro atoms. The number of hydrogen-bond acceptors (Lipinski definition) is 3. The van der Waals surface area contributed by atoms with Gasteiger partial charge in [0.05, 0.1) is 6.61 Å². The number of rotatable bonds is 2. The summed E-state index contributed by atoms with van der Waals surface area (Å²) in [4.78, 5) is 15.8. The van der Waals surface area contributed by atoms with E-state index in [2.05, 4.69) is 53.0 Å². The van der Waals surface area contributed by atoms with Gasteiger partial charge in [-0.15, -0.1) is 0 Å². The number of fused-ring (bicyclic) bond motifs is 1. The molecule has 116 valence electrons. The van der Waals surface area contributed by atoms with Crippen LogP contribution in [0.4, 0.5) is 10.5 Å². The van der Waals surface area contributed by atoms with Crippen LogP contribution in [0.5, 0.6) is 0 Å². The molecule has 0 saturated carbocycles. The number of pyridine rings is 1. The lowest BCUT2D eigenvalue weighted by Gasteiger charge is -2.35. The van der Waals surface area contributed by atoms with Gasteiger partial charge >= 0.3 is 6.09 Å². The van der Waals surface area contributed by atoms with Gasteiger partial charge in [-0.2, -0.15) is 0 Å². The van der Waals surface area contributed by atoms with Gasteiger partial charge in [-0.1, -0.05) is 0 Å². The van der Waals surface area contributed by atoms with Crippen LogP contribution < -0.4 is 9.47 Å². The highest BCUT2D eigenvalue weighted by Gasteiger charge is 2.22. The molecule has 1 amide bonds. The summed E-state index contributed by atoms with van der Waals surface area (Å²) < 4.78 is 7.19. The van der Waals surface area contributed by atoms with E-state index in [1.807, 2.05) is 6.92 Å². The highest BCUT2D eigenvalue weighted by Crippen LogP contribution is 2.21. The Kier molecular flexibility index (Phi) is 4.13. The van der Waals surface area contributed by atoms with Gasteiger partial charge in [0, 0.05) is 49.4 Å². The summed E-state index contributed by atoms with van der Waals surface area (Å²) in [5, 5.41) is 1.24. The quantitative estimate of drug-likeness (QED) is 0.795. The number of aromatic nitrogens is 1. The molecule has 1 fully saturated rings. The van der Waals surface area contributed by atoms with Crippen LogP contribution in [0.3, 0.4) is 0 Å². The number of ether oxygens (including phenoxy) is 1. The molecule has 1 aromatic carbocycles. The Balaban J connectivity index is 1.74. The van der Waals surface area contributed by atoms with Crippen LogP contribution in [0.2, 0.25) is 0 Å². The Morgan fingerprint density at radius 3 is 2.73 bits per heavy atom. The molecular weight excluding hydrogens is 278 g/mol. The molecule has 1 aliphatic heterocycles. The van der Waals surface area contributed by atoms with Gasteiger partial charge in [0.25, 0.3) is 0 Å². The van der Waals surface area contributed by atoms with Gasteiger partial charge in [-0.25, -0.2) is 9.36 Å². The SMILES string of the molecule is CCOC(=O)N1CCN(c2ccc3ccc[n+](C)c3c2)CC1. The average Bonchev–Trinajstić information content (AvgIpc) is 2.55. The Hall–Kier alpha value is -2.30. The number of carbonyl (C=O) groups excluding carboxylic acids is 1. The molecule has 1 aromatic heterocycles. The lowest BCUT2D eigenvalue weighted by molar-refractivity contribution is -0.644. The van der Waals surface area contributed by atoms with Crippen LogP contribution in [-0.4, -0.2) is 43.8 Å². The minimum absolute atomic E-state index is 0.202. The topological polar surface area (TPSA) is 36.7 Å². The molecule has 0 unspecified atom stereocenters. The predicted octanol–water partition coefficient (Wildman–Crippen LogP) is 1.94. The minimum atomic E-state index is -0.202. The molecular formula is C17H22N3O2+. The van der Waals surface area contributed by atoms with Crippen LogP contribution in [0.1, 0.15) is 6.92 Å². The first-order valence-corrected chi connectivity index (χ1v) is 7.74. The smallest absolute Gasteiger partial charge is 0.409 e. The Labute approximate surface area is 130 Å². The first-order valence-electron chi connectivity index (χ1n) is 7.74. The summed E-state index contributed by atoms with van der Waals surface area (Å²) in [6.07, 6.45) is 1.86. The summed E-state index contributed by atoms with van der Waals surface area (Å²) in [6, 6.07) is 10.7. The molecule has 22 heavy (non-hydrogen) atoms. The van der Waals surface area contributed by atoms with Crippen LogP contribution in [0.15, 0.2) is 36.5 Å². The zero-order chi connectivity index (χ0) is 15.5. The molecule has 0 radical (unpaired) electrons. The maximum absolute atomic E-state index is 11.7. The fourth-order valence-electron chi connectivity index (χ4n) is 2.89. The highest BCUT2D eigenvalue weighted by molar-refractivity contribution is 5.79. The van der Waals surface area contributed by atoms with Crippen molar-refractivity contribution in [3.63, 3.8) is 0 Å². The van der Waals surface area contributed by atoms with Crippen LogP contribution in [0, 0.1) is 0 Å². The van der Waals surface area contributed by atoms with Crippen LogP contribution in [-0.2, 0) is 11.8 Å². The average molecular weight is 300 g/mol. The Morgan fingerprint density at radius 1 is 1.23 bits per heavy atom. The fourth-order valence-corrected chi connectivity index (χ4v) is 2.89. The monoisotopic (exact) mass is 300 g/mol. The lowest BCUT2D eigenvalue weighted by Crippen LogP contribution is -2.49. The Bertz CT molecular complexity index is 679. The van der Waals surface area contributed by atoms with Gasteiger partial charge in [0.15, 0.2) is 6.20 Å². The van der Waals surface area contributed by atoms with Crippen molar-refractivity contribution < 1.29 is 14.1 Å². The van der Waals surface area contributed by atoms with Crippen molar-refractivity contribution in [3.05, 3.63) is 36.5 Å². The minimum Gasteiger partial charge on any atom is -0.450 e. The zero-order valence-corrected chi connectivity index (χ0v) is 13.2. The standard InChI is InChI=1S/C17H22N3O2/c1-3-22-17(21)20-11-9-19(10-12-20)15-7-6-14-5-4-8-18(2)16(14)13-15/h4-8,13H,3,9-12H2,1-2H3/q+1. The molecule has 0 aliphatic carbocycles. The van der Waals surface area contributed by atoms with E-state index < -0.39 is 0 Å². The summed E-state index contributed by atoms with van der Waals surface area (Å²) in [6.45, 7) is 5.35.